The molecule has 1 aromatic rings. The van der Waals surface area contributed by atoms with Gasteiger partial charge in [-0.25, -0.2) is 4.39 Å². The molecule has 0 radical (unpaired) electrons. The van der Waals surface area contributed by atoms with Crippen molar-refractivity contribution in [2.45, 2.75) is 26.4 Å². The lowest BCUT2D eigenvalue weighted by atomic mass is 10.1. The number of benzene rings is 1. The zero-order chi connectivity index (χ0) is 12.3. The summed E-state index contributed by atoms with van der Waals surface area (Å²) in [7, 11) is 0. The van der Waals surface area contributed by atoms with E-state index in [9.17, 15) is 4.39 Å². The van der Waals surface area contributed by atoms with Gasteiger partial charge in [0, 0.05) is 31.7 Å². The van der Waals surface area contributed by atoms with E-state index in [-0.39, 0.29) is 5.82 Å². The van der Waals surface area contributed by atoms with Crippen LogP contribution in [0, 0.1) is 5.82 Å². The zero-order valence-electron chi connectivity index (χ0n) is 10.2. The summed E-state index contributed by atoms with van der Waals surface area (Å²) in [4.78, 5) is 2.26. The van der Waals surface area contributed by atoms with E-state index in [0.717, 1.165) is 30.6 Å². The van der Waals surface area contributed by atoms with Crippen molar-refractivity contribution in [3.05, 3.63) is 46.8 Å². The van der Waals surface area contributed by atoms with Crippen molar-refractivity contribution in [2.75, 3.05) is 13.1 Å². The highest BCUT2D eigenvalue weighted by molar-refractivity contribution is 5.25. The third kappa shape index (κ3) is 3.14. The quantitative estimate of drug-likeness (QED) is 0.814. The van der Waals surface area contributed by atoms with Crippen LogP contribution in [-0.4, -0.2) is 18.0 Å². The number of nitrogens with zero attached hydrogens (tertiary/aromatic N) is 1. The fraction of sp³-hybridized carbons (Fsp3) is 0.429. The molecule has 0 spiro atoms. The Kier molecular flexibility index (Phi) is 3.92. The lowest BCUT2D eigenvalue weighted by molar-refractivity contribution is 0.281. The number of rotatable bonds is 3. The van der Waals surface area contributed by atoms with Crippen molar-refractivity contribution in [1.82, 2.24) is 4.90 Å². The lowest BCUT2D eigenvalue weighted by Crippen LogP contribution is -2.28. The third-order valence-electron chi connectivity index (χ3n) is 3.26. The number of hydrogen-bond acceptors (Lipinski definition) is 2. The molecule has 0 atom stereocenters. The van der Waals surface area contributed by atoms with Crippen LogP contribution in [0.15, 0.2) is 29.8 Å². The summed E-state index contributed by atoms with van der Waals surface area (Å²) in [6.45, 7) is 5.20. The molecule has 2 nitrogen and oxygen atoms in total. The maximum Gasteiger partial charge on any atom is 0.127 e. The van der Waals surface area contributed by atoms with Crippen LogP contribution in [0.1, 0.15) is 24.5 Å². The van der Waals surface area contributed by atoms with E-state index in [1.54, 1.807) is 6.07 Å². The van der Waals surface area contributed by atoms with E-state index in [0.29, 0.717) is 13.1 Å². The SMILES string of the molecule is CC1=CCN(Cc2cc(CN)ccc2F)CC1. The van der Waals surface area contributed by atoms with Crippen LogP contribution in [-0.2, 0) is 13.1 Å². The van der Waals surface area contributed by atoms with Crippen LogP contribution in [0.4, 0.5) is 4.39 Å². The first-order chi connectivity index (χ1) is 8.19. The largest absolute Gasteiger partial charge is 0.326 e. The Labute approximate surface area is 102 Å². The molecule has 1 aromatic carbocycles. The van der Waals surface area contributed by atoms with Crippen LogP contribution in [0.25, 0.3) is 0 Å². The minimum absolute atomic E-state index is 0.131. The average molecular weight is 234 g/mol. The van der Waals surface area contributed by atoms with E-state index in [1.807, 2.05) is 6.07 Å². The van der Waals surface area contributed by atoms with Gasteiger partial charge in [0.2, 0.25) is 0 Å². The van der Waals surface area contributed by atoms with Gasteiger partial charge >= 0.3 is 0 Å². The zero-order valence-corrected chi connectivity index (χ0v) is 10.2. The first-order valence-electron chi connectivity index (χ1n) is 6.04. The molecule has 1 aliphatic heterocycles. The predicted molar refractivity (Wildman–Crippen MR) is 67.9 cm³/mol. The monoisotopic (exact) mass is 234 g/mol. The summed E-state index contributed by atoms with van der Waals surface area (Å²) in [6.07, 6.45) is 3.30. The molecule has 0 aliphatic carbocycles. The second-order valence-corrected chi connectivity index (χ2v) is 4.67. The van der Waals surface area contributed by atoms with Gasteiger partial charge in [0.05, 0.1) is 0 Å². The molecule has 0 saturated carbocycles. The third-order valence-corrected chi connectivity index (χ3v) is 3.26. The molecule has 1 aliphatic rings. The Morgan fingerprint density at radius 1 is 1.41 bits per heavy atom. The molecule has 0 saturated heterocycles. The second-order valence-electron chi connectivity index (χ2n) is 4.67. The molecule has 1 heterocycles. The van der Waals surface area contributed by atoms with Gasteiger partial charge in [-0.15, -0.1) is 0 Å². The lowest BCUT2D eigenvalue weighted by Gasteiger charge is -2.25. The van der Waals surface area contributed by atoms with Gasteiger partial charge in [0.25, 0.3) is 0 Å². The van der Waals surface area contributed by atoms with Gasteiger partial charge < -0.3 is 5.73 Å². The van der Waals surface area contributed by atoms with Gasteiger partial charge in [0.15, 0.2) is 0 Å². The van der Waals surface area contributed by atoms with Crippen molar-refractivity contribution in [1.29, 1.82) is 0 Å². The normalized spacial score (nSPS) is 17.0. The summed E-state index contributed by atoms with van der Waals surface area (Å²) in [5.74, 6) is -0.131. The Morgan fingerprint density at radius 3 is 2.88 bits per heavy atom. The summed E-state index contributed by atoms with van der Waals surface area (Å²) >= 11 is 0. The molecule has 2 rings (SSSR count). The van der Waals surface area contributed by atoms with E-state index in [4.69, 9.17) is 5.73 Å². The van der Waals surface area contributed by atoms with E-state index >= 15 is 0 Å². The Balaban J connectivity index is 2.08. The van der Waals surface area contributed by atoms with Gasteiger partial charge in [-0.05, 0) is 25.0 Å². The van der Waals surface area contributed by atoms with Crippen LogP contribution in [0.2, 0.25) is 0 Å². The fourth-order valence-electron chi connectivity index (χ4n) is 2.07. The topological polar surface area (TPSA) is 29.3 Å². The van der Waals surface area contributed by atoms with Gasteiger partial charge in [0.1, 0.15) is 5.82 Å². The number of halogens is 1. The average Bonchev–Trinajstić information content (AvgIpc) is 2.35. The highest BCUT2D eigenvalue weighted by Gasteiger charge is 2.12. The Bertz CT molecular complexity index is 426. The molecule has 0 amide bonds. The molecule has 0 aromatic heterocycles. The highest BCUT2D eigenvalue weighted by Crippen LogP contribution is 2.16. The molecule has 0 bridgehead atoms. The number of nitrogens with two attached hydrogens (primary N) is 1. The smallest absolute Gasteiger partial charge is 0.127 e. The van der Waals surface area contributed by atoms with Gasteiger partial charge in [-0.2, -0.15) is 0 Å². The van der Waals surface area contributed by atoms with Crippen LogP contribution < -0.4 is 5.73 Å². The fourth-order valence-corrected chi connectivity index (χ4v) is 2.07. The minimum Gasteiger partial charge on any atom is -0.326 e. The predicted octanol–water partition coefficient (Wildman–Crippen LogP) is 2.44. The van der Waals surface area contributed by atoms with Crippen molar-refractivity contribution in [3.63, 3.8) is 0 Å². The van der Waals surface area contributed by atoms with Gasteiger partial charge in [-0.3, -0.25) is 4.90 Å². The first-order valence-corrected chi connectivity index (χ1v) is 6.04. The van der Waals surface area contributed by atoms with Crippen molar-refractivity contribution < 1.29 is 4.39 Å². The molecule has 17 heavy (non-hydrogen) atoms. The highest BCUT2D eigenvalue weighted by atomic mass is 19.1. The first kappa shape index (κ1) is 12.3. The van der Waals surface area contributed by atoms with Crippen molar-refractivity contribution >= 4 is 0 Å². The van der Waals surface area contributed by atoms with E-state index in [1.165, 1.54) is 11.6 Å². The Hall–Kier alpha value is -1.19. The maximum atomic E-state index is 13.7. The van der Waals surface area contributed by atoms with E-state index in [2.05, 4.69) is 17.9 Å². The van der Waals surface area contributed by atoms with Crippen molar-refractivity contribution in [2.24, 2.45) is 5.73 Å². The summed E-state index contributed by atoms with van der Waals surface area (Å²) in [5, 5.41) is 0. The summed E-state index contributed by atoms with van der Waals surface area (Å²) < 4.78 is 13.7. The molecule has 0 unspecified atom stereocenters. The molecule has 3 heteroatoms. The maximum absolute atomic E-state index is 13.7. The van der Waals surface area contributed by atoms with Crippen molar-refractivity contribution in [3.8, 4) is 0 Å². The number of hydrogen-bond donors (Lipinski definition) is 1. The summed E-state index contributed by atoms with van der Waals surface area (Å²) in [5.41, 5.74) is 8.74. The van der Waals surface area contributed by atoms with Crippen LogP contribution in [0.3, 0.4) is 0 Å². The molecular formula is C14H19FN2. The molecule has 92 valence electrons. The van der Waals surface area contributed by atoms with Crippen LogP contribution >= 0.6 is 0 Å². The van der Waals surface area contributed by atoms with Gasteiger partial charge in [-0.1, -0.05) is 23.8 Å². The molecule has 2 N–H and O–H groups in total. The standard InChI is InChI=1S/C14H19FN2/c1-11-4-6-17(7-5-11)10-13-8-12(9-16)2-3-14(13)15/h2-4,8H,5-7,9-10,16H2,1H3. The van der Waals surface area contributed by atoms with E-state index < -0.39 is 0 Å². The van der Waals surface area contributed by atoms with Crippen LogP contribution in [0.5, 0.6) is 0 Å². The molecule has 0 fully saturated rings. The molecular weight excluding hydrogens is 215 g/mol. The summed E-state index contributed by atoms with van der Waals surface area (Å²) in [6, 6.07) is 5.14. The minimum atomic E-state index is -0.131. The second kappa shape index (κ2) is 5.43. The Morgan fingerprint density at radius 2 is 2.24 bits per heavy atom.